The maximum absolute atomic E-state index is 14.9. The normalized spacial score (nSPS) is 14.9. The highest BCUT2D eigenvalue weighted by atomic mass is 19.1. The first-order chi connectivity index (χ1) is 16.5. The molecule has 0 aliphatic heterocycles. The van der Waals surface area contributed by atoms with Crippen LogP contribution in [0.1, 0.15) is 49.7 Å². The number of nitrogens with one attached hydrogen (secondary N) is 2. The van der Waals surface area contributed by atoms with Gasteiger partial charge in [0.2, 0.25) is 0 Å². The molecule has 1 aromatic carbocycles. The van der Waals surface area contributed by atoms with Crippen molar-refractivity contribution in [1.29, 1.82) is 0 Å². The summed E-state index contributed by atoms with van der Waals surface area (Å²) >= 11 is 0. The zero-order chi connectivity index (χ0) is 23.9. The molecule has 34 heavy (non-hydrogen) atoms. The molecule has 4 rings (SSSR count). The highest BCUT2D eigenvalue weighted by Gasteiger charge is 2.39. The van der Waals surface area contributed by atoms with Gasteiger partial charge < -0.3 is 19.5 Å². The minimum atomic E-state index is -1.42. The van der Waals surface area contributed by atoms with Crippen LogP contribution >= 0.6 is 0 Å². The third kappa shape index (κ3) is 5.36. The van der Waals surface area contributed by atoms with Gasteiger partial charge in [0.1, 0.15) is 17.3 Å². The van der Waals surface area contributed by atoms with E-state index in [2.05, 4.69) is 10.6 Å². The zero-order valence-corrected chi connectivity index (χ0v) is 18.5. The summed E-state index contributed by atoms with van der Waals surface area (Å²) in [5.74, 6) is -2.79. The van der Waals surface area contributed by atoms with Crippen molar-refractivity contribution in [2.24, 2.45) is 0 Å². The number of carbonyl (C=O) groups excluding carboxylic acids is 3. The third-order valence-corrected chi connectivity index (χ3v) is 5.80. The quantitative estimate of drug-likeness (QED) is 0.514. The Morgan fingerprint density at radius 1 is 0.971 bits per heavy atom. The highest BCUT2D eigenvalue weighted by Crippen LogP contribution is 2.31. The van der Waals surface area contributed by atoms with Crippen molar-refractivity contribution in [3.05, 3.63) is 78.4 Å². The predicted molar refractivity (Wildman–Crippen MR) is 121 cm³/mol. The van der Waals surface area contributed by atoms with Gasteiger partial charge in [-0.05, 0) is 49.2 Å². The molecule has 3 amide bonds. The average molecular weight is 467 g/mol. The Balaban J connectivity index is 1.66. The van der Waals surface area contributed by atoms with Crippen molar-refractivity contribution in [2.45, 2.75) is 50.7 Å². The van der Waals surface area contributed by atoms with Crippen LogP contribution in [0.15, 0.2) is 69.9 Å². The van der Waals surface area contributed by atoms with E-state index in [0.29, 0.717) is 5.76 Å². The van der Waals surface area contributed by atoms with Gasteiger partial charge in [0.05, 0.1) is 24.8 Å². The van der Waals surface area contributed by atoms with E-state index in [9.17, 15) is 18.8 Å². The Morgan fingerprint density at radius 3 is 2.38 bits per heavy atom. The first-order valence-corrected chi connectivity index (χ1v) is 11.3. The van der Waals surface area contributed by atoms with Crippen molar-refractivity contribution in [3.8, 4) is 0 Å². The van der Waals surface area contributed by atoms with E-state index in [1.807, 2.05) is 0 Å². The number of hydrogen-bond acceptors (Lipinski definition) is 5. The van der Waals surface area contributed by atoms with Crippen molar-refractivity contribution in [2.75, 3.05) is 4.90 Å². The van der Waals surface area contributed by atoms with Gasteiger partial charge in [-0.15, -0.1) is 0 Å². The Kier molecular flexibility index (Phi) is 7.41. The Labute approximate surface area is 196 Å². The molecule has 1 atom stereocenters. The van der Waals surface area contributed by atoms with Crippen LogP contribution < -0.4 is 15.5 Å². The van der Waals surface area contributed by atoms with Crippen LogP contribution in [0.25, 0.3) is 0 Å². The van der Waals surface area contributed by atoms with E-state index >= 15 is 0 Å². The zero-order valence-electron chi connectivity index (χ0n) is 18.5. The molecule has 0 radical (unpaired) electrons. The first kappa shape index (κ1) is 23.3. The molecule has 1 aliphatic carbocycles. The van der Waals surface area contributed by atoms with E-state index in [4.69, 9.17) is 8.83 Å². The second kappa shape index (κ2) is 10.8. The number of amides is 3. The second-order valence-electron chi connectivity index (χ2n) is 8.15. The molecule has 1 aliphatic rings. The molecule has 0 spiro atoms. The smallest absolute Gasteiger partial charge is 0.317 e. The van der Waals surface area contributed by atoms with Gasteiger partial charge in [-0.25, -0.2) is 4.39 Å². The van der Waals surface area contributed by atoms with Crippen molar-refractivity contribution in [3.63, 3.8) is 0 Å². The fourth-order valence-corrected chi connectivity index (χ4v) is 4.12. The Bertz CT molecular complexity index is 1110. The molecule has 1 fully saturated rings. The monoisotopic (exact) mass is 467 g/mol. The minimum absolute atomic E-state index is 0.0383. The Morgan fingerprint density at radius 2 is 1.71 bits per heavy atom. The number of benzene rings is 1. The van der Waals surface area contributed by atoms with E-state index in [1.165, 1.54) is 36.8 Å². The van der Waals surface area contributed by atoms with E-state index < -0.39 is 29.6 Å². The molecule has 2 N–H and O–H groups in total. The van der Waals surface area contributed by atoms with Crippen LogP contribution in [0.2, 0.25) is 0 Å². The summed E-state index contributed by atoms with van der Waals surface area (Å²) in [5, 5.41) is 5.43. The second-order valence-corrected chi connectivity index (χ2v) is 8.15. The number of hydrogen-bond donors (Lipinski definition) is 2. The number of para-hydroxylation sites is 1. The molecule has 3 aromatic rings. The first-order valence-electron chi connectivity index (χ1n) is 11.3. The predicted octanol–water partition coefficient (Wildman–Crippen LogP) is 3.85. The summed E-state index contributed by atoms with van der Waals surface area (Å²) in [4.78, 5) is 40.6. The van der Waals surface area contributed by atoms with Crippen LogP contribution in [-0.2, 0) is 20.9 Å². The van der Waals surface area contributed by atoms with Gasteiger partial charge >= 0.3 is 11.8 Å². The van der Waals surface area contributed by atoms with Gasteiger partial charge in [0.15, 0.2) is 6.04 Å². The number of furan rings is 2. The van der Waals surface area contributed by atoms with Crippen LogP contribution in [-0.4, -0.2) is 23.8 Å². The number of nitrogens with zero attached hydrogens (tertiary/aromatic N) is 1. The maximum Gasteiger partial charge on any atom is 0.317 e. The fraction of sp³-hybridized carbons (Fsp3) is 0.320. The van der Waals surface area contributed by atoms with E-state index in [1.54, 1.807) is 18.2 Å². The van der Waals surface area contributed by atoms with Crippen LogP contribution in [0.4, 0.5) is 10.1 Å². The molecule has 0 bridgehead atoms. The van der Waals surface area contributed by atoms with Gasteiger partial charge in [-0.3, -0.25) is 19.3 Å². The summed E-state index contributed by atoms with van der Waals surface area (Å²) < 4.78 is 25.6. The summed E-state index contributed by atoms with van der Waals surface area (Å²) in [6, 6.07) is 10.3. The van der Waals surface area contributed by atoms with Crippen molar-refractivity contribution < 1.29 is 27.6 Å². The largest absolute Gasteiger partial charge is 0.467 e. The molecule has 8 nitrogen and oxygen atoms in total. The van der Waals surface area contributed by atoms with Crippen molar-refractivity contribution in [1.82, 2.24) is 10.6 Å². The lowest BCUT2D eigenvalue weighted by molar-refractivity contribution is -0.139. The summed E-state index contributed by atoms with van der Waals surface area (Å²) in [6.45, 7) is 0.0383. The van der Waals surface area contributed by atoms with Crippen LogP contribution in [0, 0.1) is 5.82 Å². The lowest BCUT2D eigenvalue weighted by Crippen LogP contribution is -2.51. The minimum Gasteiger partial charge on any atom is -0.467 e. The average Bonchev–Trinajstić information content (AvgIpc) is 3.56. The van der Waals surface area contributed by atoms with Gasteiger partial charge in [0.25, 0.3) is 5.91 Å². The molecular weight excluding hydrogens is 441 g/mol. The number of rotatable bonds is 7. The highest BCUT2D eigenvalue weighted by molar-refractivity contribution is 6.41. The molecule has 2 aromatic heterocycles. The van der Waals surface area contributed by atoms with Crippen molar-refractivity contribution >= 4 is 23.4 Å². The molecule has 178 valence electrons. The number of anilines is 1. The fourth-order valence-electron chi connectivity index (χ4n) is 4.12. The molecule has 2 heterocycles. The molecule has 1 saturated carbocycles. The van der Waals surface area contributed by atoms with E-state index in [0.717, 1.165) is 43.1 Å². The number of carbonyl (C=O) groups is 3. The topological polar surface area (TPSA) is 105 Å². The van der Waals surface area contributed by atoms with Crippen LogP contribution in [0.5, 0.6) is 0 Å². The summed E-state index contributed by atoms with van der Waals surface area (Å²) in [6.07, 6.45) is 7.34. The molecule has 1 unspecified atom stereocenters. The lowest BCUT2D eigenvalue weighted by atomic mass is 9.95. The van der Waals surface area contributed by atoms with Gasteiger partial charge in [-0.1, -0.05) is 31.4 Å². The number of halogens is 1. The Hall–Kier alpha value is -3.88. The van der Waals surface area contributed by atoms with E-state index in [-0.39, 0.29) is 24.0 Å². The maximum atomic E-state index is 14.9. The van der Waals surface area contributed by atoms with Gasteiger partial charge in [-0.2, -0.15) is 0 Å². The summed E-state index contributed by atoms with van der Waals surface area (Å²) in [5.41, 5.74) is -0.208. The third-order valence-electron chi connectivity index (χ3n) is 5.80. The van der Waals surface area contributed by atoms with Gasteiger partial charge in [0, 0.05) is 6.04 Å². The lowest BCUT2D eigenvalue weighted by Gasteiger charge is -2.30. The standard InChI is InChI=1S/C25H26FN3O5/c26-19-11-4-5-12-20(19)29(25(32)24(31)28-17-8-2-1-3-9-17)22(21-13-7-15-34-21)23(30)27-16-18-10-6-14-33-18/h4-7,10-15,17,22H,1-3,8-9,16H2,(H,27,30)(H,28,31). The molecule has 9 heteroatoms. The summed E-state index contributed by atoms with van der Waals surface area (Å²) in [7, 11) is 0. The van der Waals surface area contributed by atoms with Crippen LogP contribution in [0.3, 0.4) is 0 Å². The molecular formula is C25H26FN3O5. The molecule has 0 saturated heterocycles. The SMILES string of the molecule is O=C(NC1CCCCC1)C(=O)N(c1ccccc1F)C(C(=O)NCc1ccco1)c1ccco1.